The first kappa shape index (κ1) is 24.0. The van der Waals surface area contributed by atoms with Crippen molar-refractivity contribution < 1.29 is 26.9 Å². The number of carbonyl (C=O) groups excluding carboxylic acids is 1. The third kappa shape index (κ3) is 5.67. The largest absolute Gasteiger partial charge is 0.489 e. The summed E-state index contributed by atoms with van der Waals surface area (Å²) in [5.74, 6) is 0.124. The van der Waals surface area contributed by atoms with Gasteiger partial charge in [-0.2, -0.15) is 0 Å². The van der Waals surface area contributed by atoms with Gasteiger partial charge in [0, 0.05) is 11.3 Å². The fourth-order valence-electron chi connectivity index (χ4n) is 3.26. The van der Waals surface area contributed by atoms with E-state index in [2.05, 4.69) is 15.2 Å². The topological polar surface area (TPSA) is 111 Å². The summed E-state index contributed by atoms with van der Waals surface area (Å²) in [5.41, 5.74) is 2.08. The molecule has 1 heterocycles. The maximum atomic E-state index is 13.9. The van der Waals surface area contributed by atoms with Gasteiger partial charge in [-0.25, -0.2) is 12.8 Å². The molecule has 8 nitrogen and oxygen atoms in total. The van der Waals surface area contributed by atoms with E-state index < -0.39 is 21.7 Å². The van der Waals surface area contributed by atoms with Gasteiger partial charge in [-0.05, 0) is 68.4 Å². The second-order valence-corrected chi connectivity index (χ2v) is 9.37. The fraction of sp³-hybridized carbons (Fsp3) is 0.120. The SMILES string of the molecule is Cc1noc(C)c1COc1ccc(C(=O)Nc2cccc(S(=O)(=O)Nc3ccccc3F)c2)cc1. The monoisotopic (exact) mass is 495 g/mol. The van der Waals surface area contributed by atoms with Gasteiger partial charge >= 0.3 is 0 Å². The Morgan fingerprint density at radius 3 is 2.46 bits per heavy atom. The first-order valence-corrected chi connectivity index (χ1v) is 12.0. The van der Waals surface area contributed by atoms with E-state index in [1.165, 1.54) is 36.4 Å². The standard InChI is InChI=1S/C25H22FN3O5S/c1-16-22(17(2)34-28-16)15-33-20-12-10-18(11-13-20)25(30)27-19-6-5-7-21(14-19)35(31,32)29-24-9-4-3-8-23(24)26/h3-14,29H,15H2,1-2H3,(H,27,30). The van der Waals surface area contributed by atoms with Gasteiger partial charge in [0.25, 0.3) is 15.9 Å². The van der Waals surface area contributed by atoms with Crippen LogP contribution >= 0.6 is 0 Å². The van der Waals surface area contributed by atoms with Crippen molar-refractivity contribution in [3.8, 4) is 5.75 Å². The number of hydrogen-bond donors (Lipinski definition) is 2. The molecule has 0 aliphatic heterocycles. The number of anilines is 2. The average molecular weight is 496 g/mol. The molecule has 0 saturated heterocycles. The molecule has 0 atom stereocenters. The van der Waals surface area contributed by atoms with Crippen molar-refractivity contribution in [1.29, 1.82) is 0 Å². The third-order valence-corrected chi connectivity index (χ3v) is 6.56. The number of nitrogens with one attached hydrogen (secondary N) is 2. The third-order valence-electron chi connectivity index (χ3n) is 5.20. The van der Waals surface area contributed by atoms with Crippen LogP contribution in [0.5, 0.6) is 5.75 Å². The molecule has 1 amide bonds. The molecule has 10 heteroatoms. The summed E-state index contributed by atoms with van der Waals surface area (Å²) >= 11 is 0. The zero-order valence-electron chi connectivity index (χ0n) is 18.9. The summed E-state index contributed by atoms with van der Waals surface area (Å²) in [5, 5.41) is 6.55. The highest BCUT2D eigenvalue weighted by Gasteiger charge is 2.17. The van der Waals surface area contributed by atoms with Crippen molar-refractivity contribution in [2.75, 3.05) is 10.0 Å². The molecule has 0 radical (unpaired) electrons. The number of aromatic nitrogens is 1. The number of para-hydroxylation sites is 1. The minimum Gasteiger partial charge on any atom is -0.489 e. The average Bonchev–Trinajstić information content (AvgIpc) is 3.16. The molecule has 3 aromatic carbocycles. The van der Waals surface area contributed by atoms with Gasteiger partial charge in [0.1, 0.15) is 23.9 Å². The number of hydrogen-bond acceptors (Lipinski definition) is 6. The normalized spacial score (nSPS) is 11.2. The lowest BCUT2D eigenvalue weighted by molar-refractivity contribution is 0.102. The highest BCUT2D eigenvalue weighted by atomic mass is 32.2. The van der Waals surface area contributed by atoms with Crippen molar-refractivity contribution in [3.05, 3.63) is 101 Å². The number of ether oxygens (including phenoxy) is 1. The molecule has 0 aliphatic rings. The van der Waals surface area contributed by atoms with Gasteiger partial charge < -0.3 is 14.6 Å². The molecule has 4 aromatic rings. The van der Waals surface area contributed by atoms with Crippen LogP contribution in [0.3, 0.4) is 0 Å². The van der Waals surface area contributed by atoms with Crippen LogP contribution in [0.15, 0.2) is 82.2 Å². The molecule has 0 aliphatic carbocycles. The van der Waals surface area contributed by atoms with E-state index in [0.717, 1.165) is 17.3 Å². The van der Waals surface area contributed by atoms with Crippen LogP contribution in [0.2, 0.25) is 0 Å². The van der Waals surface area contributed by atoms with E-state index in [0.29, 0.717) is 17.1 Å². The van der Waals surface area contributed by atoms with Crippen LogP contribution in [0.1, 0.15) is 27.4 Å². The van der Waals surface area contributed by atoms with E-state index in [1.807, 2.05) is 13.8 Å². The summed E-state index contributed by atoms with van der Waals surface area (Å²) < 4.78 is 52.3. The maximum absolute atomic E-state index is 13.9. The van der Waals surface area contributed by atoms with Crippen molar-refractivity contribution in [2.45, 2.75) is 25.3 Å². The predicted molar refractivity (Wildman–Crippen MR) is 128 cm³/mol. The van der Waals surface area contributed by atoms with Gasteiger partial charge in [-0.1, -0.05) is 23.4 Å². The van der Waals surface area contributed by atoms with E-state index in [1.54, 1.807) is 30.3 Å². The molecule has 1 aromatic heterocycles. The number of benzene rings is 3. The molecule has 0 unspecified atom stereocenters. The van der Waals surface area contributed by atoms with Gasteiger partial charge in [0.2, 0.25) is 0 Å². The highest BCUT2D eigenvalue weighted by molar-refractivity contribution is 7.92. The van der Waals surface area contributed by atoms with E-state index in [4.69, 9.17) is 9.26 Å². The molecule has 4 rings (SSSR count). The minimum atomic E-state index is -4.06. The Bertz CT molecular complexity index is 1450. The second kappa shape index (κ2) is 9.98. The molecule has 180 valence electrons. The molecule has 0 spiro atoms. The lowest BCUT2D eigenvalue weighted by Crippen LogP contribution is -2.15. The molecule has 2 N–H and O–H groups in total. The lowest BCUT2D eigenvalue weighted by Gasteiger charge is -2.11. The van der Waals surface area contributed by atoms with Crippen molar-refractivity contribution in [2.24, 2.45) is 0 Å². The van der Waals surface area contributed by atoms with Gasteiger partial charge in [0.05, 0.1) is 21.8 Å². The predicted octanol–water partition coefficient (Wildman–Crippen LogP) is 5.06. The van der Waals surface area contributed by atoms with Crippen molar-refractivity contribution in [3.63, 3.8) is 0 Å². The Morgan fingerprint density at radius 1 is 1.03 bits per heavy atom. The number of amides is 1. The zero-order valence-corrected chi connectivity index (χ0v) is 19.7. The summed E-state index contributed by atoms with van der Waals surface area (Å²) in [4.78, 5) is 12.5. The lowest BCUT2D eigenvalue weighted by atomic mass is 10.2. The van der Waals surface area contributed by atoms with Crippen molar-refractivity contribution in [1.82, 2.24) is 5.16 Å². The van der Waals surface area contributed by atoms with Gasteiger partial charge in [-0.15, -0.1) is 0 Å². The van der Waals surface area contributed by atoms with Gasteiger partial charge in [-0.3, -0.25) is 9.52 Å². The van der Waals surface area contributed by atoms with E-state index >= 15 is 0 Å². The second-order valence-electron chi connectivity index (χ2n) is 7.68. The van der Waals surface area contributed by atoms with Crippen molar-refractivity contribution >= 4 is 27.3 Å². The Labute approximate surface area is 201 Å². The van der Waals surface area contributed by atoms with Crippen LogP contribution in [0, 0.1) is 19.7 Å². The number of aryl methyl sites for hydroxylation is 2. The Balaban J connectivity index is 1.42. The highest BCUT2D eigenvalue weighted by Crippen LogP contribution is 2.22. The van der Waals surface area contributed by atoms with Crippen LogP contribution in [0.25, 0.3) is 0 Å². The molecule has 0 fully saturated rings. The molecule has 35 heavy (non-hydrogen) atoms. The van der Waals surface area contributed by atoms with E-state index in [-0.39, 0.29) is 22.9 Å². The summed E-state index contributed by atoms with van der Waals surface area (Å²) in [6.45, 7) is 3.93. The van der Waals surface area contributed by atoms with Crippen LogP contribution in [-0.2, 0) is 16.6 Å². The van der Waals surface area contributed by atoms with Crippen LogP contribution in [0.4, 0.5) is 15.8 Å². The summed E-state index contributed by atoms with van der Waals surface area (Å²) in [6.07, 6.45) is 0. The molecular formula is C25H22FN3O5S. The number of carbonyl (C=O) groups is 1. The Hall–Kier alpha value is -4.18. The van der Waals surface area contributed by atoms with E-state index in [9.17, 15) is 17.6 Å². The number of halogens is 1. The van der Waals surface area contributed by atoms with Crippen LogP contribution < -0.4 is 14.8 Å². The van der Waals surface area contributed by atoms with Gasteiger partial charge in [0.15, 0.2) is 0 Å². The smallest absolute Gasteiger partial charge is 0.262 e. The Morgan fingerprint density at radius 2 is 1.77 bits per heavy atom. The maximum Gasteiger partial charge on any atom is 0.262 e. The first-order valence-electron chi connectivity index (χ1n) is 10.6. The molecule has 0 bridgehead atoms. The Kier molecular flexibility index (Phi) is 6.83. The number of nitrogens with zero attached hydrogens (tertiary/aromatic N) is 1. The molecular weight excluding hydrogens is 473 g/mol. The summed E-state index contributed by atoms with van der Waals surface area (Å²) in [7, 11) is -4.06. The fourth-order valence-corrected chi connectivity index (χ4v) is 4.37. The quantitative estimate of drug-likeness (QED) is 0.353. The summed E-state index contributed by atoms with van der Waals surface area (Å²) in [6, 6.07) is 17.6. The van der Waals surface area contributed by atoms with Crippen LogP contribution in [-0.4, -0.2) is 19.5 Å². The zero-order chi connectivity index (χ0) is 25.0. The minimum absolute atomic E-state index is 0.123. The first-order chi connectivity index (χ1) is 16.7. The number of rotatable bonds is 8. The molecule has 0 saturated carbocycles. The number of sulfonamides is 1.